The molecule has 4 nitrogen and oxygen atoms in total. The Labute approximate surface area is 152 Å². The minimum absolute atomic E-state index is 0.0338. The predicted octanol–water partition coefficient (Wildman–Crippen LogP) is 3.59. The van der Waals surface area contributed by atoms with Crippen LogP contribution in [-0.2, 0) is 4.79 Å². The van der Waals surface area contributed by atoms with E-state index in [0.29, 0.717) is 31.8 Å². The van der Waals surface area contributed by atoms with E-state index in [1.54, 1.807) is 4.90 Å². The molecule has 2 fully saturated rings. The van der Waals surface area contributed by atoms with Crippen molar-refractivity contribution < 1.29 is 14.0 Å². The van der Waals surface area contributed by atoms with Crippen LogP contribution in [0.5, 0.6) is 0 Å². The highest BCUT2D eigenvalue weighted by Gasteiger charge is 2.32. The lowest BCUT2D eigenvalue weighted by atomic mass is 9.92. The number of hydrogen-bond donors (Lipinski definition) is 0. The van der Waals surface area contributed by atoms with Crippen molar-refractivity contribution in [2.45, 2.75) is 32.6 Å². The first-order valence-electron chi connectivity index (χ1n) is 8.99. The predicted molar refractivity (Wildman–Crippen MR) is 95.0 cm³/mol. The smallest absolute Gasteiger partial charge is 0.258 e. The van der Waals surface area contributed by atoms with Crippen molar-refractivity contribution >= 4 is 23.4 Å². The molecule has 2 amide bonds. The lowest BCUT2D eigenvalue weighted by Crippen LogP contribution is -2.46. The first-order valence-corrected chi connectivity index (χ1v) is 9.37. The molecule has 0 saturated carbocycles. The molecule has 2 aliphatic rings. The van der Waals surface area contributed by atoms with Crippen molar-refractivity contribution in [3.63, 3.8) is 0 Å². The number of carbonyl (C=O) groups is 2. The van der Waals surface area contributed by atoms with Crippen molar-refractivity contribution in [3.05, 3.63) is 34.6 Å². The monoisotopic (exact) mass is 366 g/mol. The fourth-order valence-corrected chi connectivity index (χ4v) is 3.92. The van der Waals surface area contributed by atoms with Gasteiger partial charge in [0.2, 0.25) is 5.91 Å². The Balaban J connectivity index is 1.58. The third-order valence-corrected chi connectivity index (χ3v) is 5.72. The molecule has 0 radical (unpaired) electrons. The largest absolute Gasteiger partial charge is 0.342 e. The van der Waals surface area contributed by atoms with E-state index < -0.39 is 5.82 Å². The molecule has 1 aromatic carbocycles. The third kappa shape index (κ3) is 3.97. The SMILES string of the molecule is CC1CCN(C(=O)C2CCN(C(=O)c3c(F)cccc3Cl)CC2)CC1. The number of amides is 2. The third-order valence-electron chi connectivity index (χ3n) is 5.40. The summed E-state index contributed by atoms with van der Waals surface area (Å²) in [4.78, 5) is 28.8. The summed E-state index contributed by atoms with van der Waals surface area (Å²) < 4.78 is 13.9. The average Bonchev–Trinajstić information content (AvgIpc) is 2.61. The van der Waals surface area contributed by atoms with Crippen LogP contribution in [0.1, 0.15) is 43.0 Å². The molecule has 2 heterocycles. The number of piperidine rings is 2. The van der Waals surface area contributed by atoms with Crippen molar-refractivity contribution in [1.29, 1.82) is 0 Å². The lowest BCUT2D eigenvalue weighted by Gasteiger charge is -2.36. The molecular weight excluding hydrogens is 343 g/mol. The van der Waals surface area contributed by atoms with Crippen molar-refractivity contribution in [3.8, 4) is 0 Å². The molecule has 6 heteroatoms. The molecule has 0 N–H and O–H groups in total. The van der Waals surface area contributed by atoms with E-state index >= 15 is 0 Å². The molecule has 1 aromatic rings. The Kier molecular flexibility index (Phi) is 5.62. The van der Waals surface area contributed by atoms with Crippen LogP contribution in [0.3, 0.4) is 0 Å². The van der Waals surface area contributed by atoms with Crippen LogP contribution in [0.4, 0.5) is 4.39 Å². The van der Waals surface area contributed by atoms with Crippen LogP contribution < -0.4 is 0 Å². The van der Waals surface area contributed by atoms with Crippen LogP contribution in [0.2, 0.25) is 5.02 Å². The van der Waals surface area contributed by atoms with Gasteiger partial charge in [-0.1, -0.05) is 24.6 Å². The lowest BCUT2D eigenvalue weighted by molar-refractivity contribution is -0.138. The maximum Gasteiger partial charge on any atom is 0.258 e. The van der Waals surface area contributed by atoms with Crippen LogP contribution >= 0.6 is 11.6 Å². The molecule has 0 aliphatic carbocycles. The summed E-state index contributed by atoms with van der Waals surface area (Å²) in [6.07, 6.45) is 3.38. The van der Waals surface area contributed by atoms with Gasteiger partial charge < -0.3 is 9.80 Å². The van der Waals surface area contributed by atoms with Gasteiger partial charge in [-0.05, 0) is 43.7 Å². The van der Waals surface area contributed by atoms with Gasteiger partial charge in [0, 0.05) is 32.1 Å². The van der Waals surface area contributed by atoms with E-state index in [1.807, 2.05) is 4.90 Å². The van der Waals surface area contributed by atoms with Gasteiger partial charge >= 0.3 is 0 Å². The zero-order valence-corrected chi connectivity index (χ0v) is 15.3. The van der Waals surface area contributed by atoms with Gasteiger partial charge in [-0.25, -0.2) is 4.39 Å². The molecule has 25 heavy (non-hydrogen) atoms. The van der Waals surface area contributed by atoms with E-state index in [-0.39, 0.29) is 28.3 Å². The summed E-state index contributed by atoms with van der Waals surface area (Å²) in [5, 5.41) is 0.130. The molecule has 0 atom stereocenters. The highest BCUT2D eigenvalue weighted by atomic mass is 35.5. The summed E-state index contributed by atoms with van der Waals surface area (Å²) in [5.74, 6) is -0.121. The second-order valence-corrected chi connectivity index (χ2v) is 7.58. The van der Waals surface area contributed by atoms with Gasteiger partial charge in [0.25, 0.3) is 5.91 Å². The summed E-state index contributed by atoms with van der Waals surface area (Å²) in [6.45, 7) is 4.82. The molecule has 3 rings (SSSR count). The van der Waals surface area contributed by atoms with E-state index in [4.69, 9.17) is 11.6 Å². The number of nitrogens with zero attached hydrogens (tertiary/aromatic N) is 2. The fourth-order valence-electron chi connectivity index (χ4n) is 3.68. The fraction of sp³-hybridized carbons (Fsp3) is 0.579. The number of hydrogen-bond acceptors (Lipinski definition) is 2. The summed E-state index contributed by atoms with van der Waals surface area (Å²) >= 11 is 5.99. The molecule has 0 spiro atoms. The summed E-state index contributed by atoms with van der Waals surface area (Å²) in [6, 6.07) is 4.25. The Morgan fingerprint density at radius 3 is 2.24 bits per heavy atom. The van der Waals surface area contributed by atoms with Gasteiger partial charge in [0.1, 0.15) is 5.82 Å². The highest BCUT2D eigenvalue weighted by Crippen LogP contribution is 2.26. The van der Waals surface area contributed by atoms with Crippen molar-refractivity contribution in [1.82, 2.24) is 9.80 Å². The second kappa shape index (κ2) is 7.73. The molecule has 0 bridgehead atoms. The average molecular weight is 367 g/mol. The summed E-state index contributed by atoms with van der Waals surface area (Å²) in [5.41, 5.74) is -0.0704. The minimum Gasteiger partial charge on any atom is -0.342 e. The number of rotatable bonds is 2. The molecule has 2 aliphatic heterocycles. The molecule has 136 valence electrons. The second-order valence-electron chi connectivity index (χ2n) is 7.17. The van der Waals surface area contributed by atoms with Crippen molar-refractivity contribution in [2.75, 3.05) is 26.2 Å². The number of carbonyl (C=O) groups excluding carboxylic acids is 2. The van der Waals surface area contributed by atoms with Crippen LogP contribution in [-0.4, -0.2) is 47.8 Å². The van der Waals surface area contributed by atoms with E-state index in [1.165, 1.54) is 18.2 Å². The normalized spacial score (nSPS) is 20.0. The van der Waals surface area contributed by atoms with Crippen molar-refractivity contribution in [2.24, 2.45) is 11.8 Å². The van der Waals surface area contributed by atoms with Crippen LogP contribution in [0, 0.1) is 17.7 Å². The van der Waals surface area contributed by atoms with Gasteiger partial charge in [0.15, 0.2) is 0 Å². The highest BCUT2D eigenvalue weighted by molar-refractivity contribution is 6.33. The maximum atomic E-state index is 13.9. The van der Waals surface area contributed by atoms with E-state index in [0.717, 1.165) is 25.9 Å². The zero-order valence-electron chi connectivity index (χ0n) is 14.5. The number of halogens is 2. The molecule has 0 unspecified atom stereocenters. The zero-order chi connectivity index (χ0) is 18.0. The van der Waals surface area contributed by atoms with Crippen LogP contribution in [0.15, 0.2) is 18.2 Å². The van der Waals surface area contributed by atoms with Crippen LogP contribution in [0.25, 0.3) is 0 Å². The van der Waals surface area contributed by atoms with E-state index in [2.05, 4.69) is 6.92 Å². The minimum atomic E-state index is -0.599. The van der Waals surface area contributed by atoms with Gasteiger partial charge in [-0.15, -0.1) is 0 Å². The van der Waals surface area contributed by atoms with Gasteiger partial charge in [0.05, 0.1) is 10.6 Å². The topological polar surface area (TPSA) is 40.6 Å². The Hall–Kier alpha value is -1.62. The molecule has 0 aromatic heterocycles. The number of likely N-dealkylation sites (tertiary alicyclic amines) is 2. The standard InChI is InChI=1S/C19H24ClFN2O2/c1-13-5-9-22(10-6-13)18(24)14-7-11-23(12-8-14)19(25)17-15(20)3-2-4-16(17)21/h2-4,13-14H,5-12H2,1H3. The Morgan fingerprint density at radius 1 is 1.04 bits per heavy atom. The first-order chi connectivity index (χ1) is 12.0. The Morgan fingerprint density at radius 2 is 1.64 bits per heavy atom. The number of benzene rings is 1. The molecular formula is C19H24ClFN2O2. The van der Waals surface area contributed by atoms with E-state index in [9.17, 15) is 14.0 Å². The quantitative estimate of drug-likeness (QED) is 0.802. The maximum absolute atomic E-state index is 13.9. The van der Waals surface area contributed by atoms with Gasteiger partial charge in [-0.2, -0.15) is 0 Å². The first kappa shape index (κ1) is 18.2. The molecule has 2 saturated heterocycles. The Bertz CT molecular complexity index is 631. The van der Waals surface area contributed by atoms with Gasteiger partial charge in [-0.3, -0.25) is 9.59 Å². The summed E-state index contributed by atoms with van der Waals surface area (Å²) in [7, 11) is 0.